The number of carbonyl (C=O) groups is 1. The maximum Gasteiger partial charge on any atom is 0.410 e. The van der Waals surface area contributed by atoms with Crippen LogP contribution in [0.1, 0.15) is 75.0 Å². The maximum atomic E-state index is 13.4. The van der Waals surface area contributed by atoms with Gasteiger partial charge in [0.25, 0.3) is 5.56 Å². The average Bonchev–Trinajstić information content (AvgIpc) is 3.52. The van der Waals surface area contributed by atoms with Crippen LogP contribution in [0.5, 0.6) is 0 Å². The summed E-state index contributed by atoms with van der Waals surface area (Å²) < 4.78 is 7.36. The smallest absolute Gasteiger partial charge is 0.410 e. The van der Waals surface area contributed by atoms with Crippen LogP contribution in [0.25, 0.3) is 21.0 Å². The van der Waals surface area contributed by atoms with Crippen LogP contribution in [-0.4, -0.2) is 44.2 Å². The topological polar surface area (TPSA) is 77.3 Å². The van der Waals surface area contributed by atoms with Crippen molar-refractivity contribution in [2.24, 2.45) is 0 Å². The Balaban J connectivity index is 1.19. The molecule has 2 unspecified atom stereocenters. The number of amides is 1. The van der Waals surface area contributed by atoms with E-state index in [1.54, 1.807) is 16.2 Å². The molecule has 1 amide bonds. The monoisotopic (exact) mass is 516 g/mol. The Morgan fingerprint density at radius 3 is 2.59 bits per heavy atom. The molecule has 2 aliphatic rings. The summed E-state index contributed by atoms with van der Waals surface area (Å²) in [6.45, 7) is 8.77. The van der Waals surface area contributed by atoms with Crippen molar-refractivity contribution in [3.63, 3.8) is 0 Å². The number of ether oxygens (including phenoxy) is 1. The minimum atomic E-state index is -0.507. The molecule has 192 valence electrons. The van der Waals surface area contributed by atoms with Crippen molar-refractivity contribution >= 4 is 38.4 Å². The molecule has 8 heteroatoms. The molecule has 0 radical (unpaired) electrons. The van der Waals surface area contributed by atoms with Crippen LogP contribution >= 0.6 is 11.3 Å². The summed E-state index contributed by atoms with van der Waals surface area (Å²) in [5, 5.41) is 4.98. The van der Waals surface area contributed by atoms with E-state index in [9.17, 15) is 9.59 Å². The van der Waals surface area contributed by atoms with Gasteiger partial charge in [-0.05, 0) is 87.4 Å². The van der Waals surface area contributed by atoms with E-state index in [4.69, 9.17) is 9.72 Å². The number of hydrogen-bond donors (Lipinski definition) is 0. The number of nitrogens with zero attached hydrogens (tertiary/aromatic N) is 4. The Hall–Kier alpha value is -3.26. The summed E-state index contributed by atoms with van der Waals surface area (Å²) in [4.78, 5) is 38.0. The number of pyridine rings is 1. The molecule has 7 nitrogen and oxygen atoms in total. The number of thiophene rings is 1. The fraction of sp³-hybridized carbons (Fsp3) is 0.448. The van der Waals surface area contributed by atoms with E-state index in [1.165, 1.54) is 10.9 Å². The third kappa shape index (κ3) is 4.63. The van der Waals surface area contributed by atoms with Gasteiger partial charge >= 0.3 is 6.09 Å². The minimum absolute atomic E-state index is 0.0403. The number of piperidine rings is 1. The molecule has 4 aromatic rings. The lowest BCUT2D eigenvalue weighted by Gasteiger charge is -2.34. The van der Waals surface area contributed by atoms with Crippen molar-refractivity contribution in [3.8, 4) is 0 Å². The van der Waals surface area contributed by atoms with E-state index in [1.807, 2.05) is 44.5 Å². The molecule has 0 N–H and O–H groups in total. The number of rotatable bonds is 3. The largest absolute Gasteiger partial charge is 0.444 e. The lowest BCUT2D eigenvalue weighted by Crippen LogP contribution is -2.43. The second-order valence-corrected chi connectivity index (χ2v) is 12.2. The standard InChI is InChI=1S/C29H32N4O3S/c1-17-30-25(22-10-14-37-26(22)31-17)24-16-23(24)18-5-6-21-19(15-18)7-13-33(27(21)34)20-8-11-32(12-9-20)28(35)36-29(2,3)4/h5-7,10,13-15,20,23-24H,8-9,11-12,16H2,1-4H3. The lowest BCUT2D eigenvalue weighted by atomic mass is 10.0. The number of fused-ring (bicyclic) bond motifs is 2. The van der Waals surface area contributed by atoms with Crippen LogP contribution < -0.4 is 5.56 Å². The first-order chi connectivity index (χ1) is 17.7. The molecule has 0 spiro atoms. The normalized spacial score (nSPS) is 20.5. The maximum absolute atomic E-state index is 13.4. The van der Waals surface area contributed by atoms with Gasteiger partial charge in [-0.2, -0.15) is 0 Å². The minimum Gasteiger partial charge on any atom is -0.444 e. The Labute approximate surface area is 220 Å². The zero-order valence-electron chi connectivity index (χ0n) is 21.7. The SMILES string of the molecule is Cc1nc(C2CC2c2ccc3c(=O)n(C4CCN(C(=O)OC(C)(C)C)CC4)ccc3c2)c2ccsc2n1. The summed E-state index contributed by atoms with van der Waals surface area (Å²) in [5.41, 5.74) is 1.95. The van der Waals surface area contributed by atoms with Gasteiger partial charge < -0.3 is 14.2 Å². The Morgan fingerprint density at radius 2 is 1.84 bits per heavy atom. The second kappa shape index (κ2) is 8.94. The molecule has 3 aromatic heterocycles. The predicted octanol–water partition coefficient (Wildman–Crippen LogP) is 6.16. The highest BCUT2D eigenvalue weighted by Crippen LogP contribution is 2.55. The lowest BCUT2D eigenvalue weighted by molar-refractivity contribution is 0.0187. The van der Waals surface area contributed by atoms with Gasteiger partial charge in [-0.25, -0.2) is 14.8 Å². The van der Waals surface area contributed by atoms with Crippen molar-refractivity contribution in [2.45, 2.75) is 70.4 Å². The molecule has 1 saturated carbocycles. The van der Waals surface area contributed by atoms with Gasteiger partial charge in [0.1, 0.15) is 16.3 Å². The highest BCUT2D eigenvalue weighted by molar-refractivity contribution is 7.16. The van der Waals surface area contributed by atoms with Crippen molar-refractivity contribution in [2.75, 3.05) is 13.1 Å². The first kappa shape index (κ1) is 24.1. The van der Waals surface area contributed by atoms with E-state index >= 15 is 0 Å². The summed E-state index contributed by atoms with van der Waals surface area (Å²) in [6.07, 6.45) is 4.19. The number of carbonyl (C=O) groups excluding carboxylic acids is 1. The zero-order valence-corrected chi connectivity index (χ0v) is 22.5. The highest BCUT2D eigenvalue weighted by Gasteiger charge is 2.42. The highest BCUT2D eigenvalue weighted by atomic mass is 32.1. The van der Waals surface area contributed by atoms with Gasteiger partial charge in [-0.3, -0.25) is 4.79 Å². The van der Waals surface area contributed by atoms with Crippen LogP contribution in [0, 0.1) is 6.92 Å². The first-order valence-corrected chi connectivity index (χ1v) is 13.9. The molecule has 1 aliphatic heterocycles. The third-order valence-corrected chi connectivity index (χ3v) is 8.31. The summed E-state index contributed by atoms with van der Waals surface area (Å²) >= 11 is 1.66. The predicted molar refractivity (Wildman–Crippen MR) is 147 cm³/mol. The van der Waals surface area contributed by atoms with E-state index in [2.05, 4.69) is 34.6 Å². The van der Waals surface area contributed by atoms with Gasteiger partial charge in [0.15, 0.2) is 0 Å². The van der Waals surface area contributed by atoms with E-state index in [-0.39, 0.29) is 17.7 Å². The van der Waals surface area contributed by atoms with Crippen molar-refractivity contribution in [3.05, 3.63) is 69.3 Å². The molecule has 6 rings (SSSR count). The van der Waals surface area contributed by atoms with Gasteiger partial charge in [0.05, 0.1) is 5.69 Å². The van der Waals surface area contributed by atoms with Crippen molar-refractivity contribution < 1.29 is 9.53 Å². The summed E-state index contributed by atoms with van der Waals surface area (Å²) in [6, 6.07) is 10.5. The zero-order chi connectivity index (χ0) is 25.9. The van der Waals surface area contributed by atoms with Crippen LogP contribution in [-0.2, 0) is 4.74 Å². The average molecular weight is 517 g/mol. The van der Waals surface area contributed by atoms with E-state index in [0.717, 1.165) is 46.4 Å². The van der Waals surface area contributed by atoms with Gasteiger partial charge in [-0.1, -0.05) is 12.1 Å². The summed E-state index contributed by atoms with van der Waals surface area (Å²) in [5.74, 6) is 1.64. The van der Waals surface area contributed by atoms with Gasteiger partial charge in [0, 0.05) is 42.0 Å². The van der Waals surface area contributed by atoms with Crippen LogP contribution in [0.4, 0.5) is 4.79 Å². The van der Waals surface area contributed by atoms with Gasteiger partial charge in [-0.15, -0.1) is 11.3 Å². The van der Waals surface area contributed by atoms with Crippen LogP contribution in [0.3, 0.4) is 0 Å². The molecule has 37 heavy (non-hydrogen) atoms. The molecule has 2 fully saturated rings. The quantitative estimate of drug-likeness (QED) is 0.326. The summed E-state index contributed by atoms with van der Waals surface area (Å²) in [7, 11) is 0. The van der Waals surface area contributed by atoms with E-state index < -0.39 is 5.60 Å². The van der Waals surface area contributed by atoms with Crippen LogP contribution in [0.2, 0.25) is 0 Å². The Kier molecular flexibility index (Phi) is 5.82. The molecule has 1 aromatic carbocycles. The number of hydrogen-bond acceptors (Lipinski definition) is 6. The molecular formula is C29H32N4O3S. The molecule has 1 saturated heterocycles. The van der Waals surface area contributed by atoms with Crippen LogP contribution in [0.15, 0.2) is 46.7 Å². The fourth-order valence-corrected chi connectivity index (χ4v) is 6.41. The van der Waals surface area contributed by atoms with E-state index in [0.29, 0.717) is 24.9 Å². The third-order valence-electron chi connectivity index (χ3n) is 7.50. The molecule has 0 bridgehead atoms. The second-order valence-electron chi connectivity index (χ2n) is 11.3. The Bertz CT molecular complexity index is 1560. The van der Waals surface area contributed by atoms with Crippen molar-refractivity contribution in [1.29, 1.82) is 0 Å². The number of aryl methyl sites for hydroxylation is 1. The number of benzene rings is 1. The number of likely N-dealkylation sites (tertiary alicyclic amines) is 1. The molecule has 1 aliphatic carbocycles. The molecule has 2 atom stereocenters. The Morgan fingerprint density at radius 1 is 1.05 bits per heavy atom. The molecule has 4 heterocycles. The fourth-order valence-electron chi connectivity index (χ4n) is 5.59. The number of aromatic nitrogens is 3. The molecular weight excluding hydrogens is 484 g/mol. The van der Waals surface area contributed by atoms with Gasteiger partial charge in [0.2, 0.25) is 0 Å². The van der Waals surface area contributed by atoms with Crippen molar-refractivity contribution in [1.82, 2.24) is 19.4 Å². The first-order valence-electron chi connectivity index (χ1n) is 13.0.